The van der Waals surface area contributed by atoms with E-state index in [4.69, 9.17) is 23.2 Å². The first-order valence-corrected chi connectivity index (χ1v) is 7.37. The van der Waals surface area contributed by atoms with Crippen LogP contribution in [0.2, 0.25) is 10.0 Å². The molecule has 22 heavy (non-hydrogen) atoms. The Morgan fingerprint density at radius 3 is 2.41 bits per heavy atom. The Morgan fingerprint density at radius 2 is 1.82 bits per heavy atom. The number of halogens is 2. The van der Waals surface area contributed by atoms with Gasteiger partial charge in [-0.2, -0.15) is 0 Å². The van der Waals surface area contributed by atoms with Gasteiger partial charge in [0.2, 0.25) is 5.91 Å². The second-order valence-electron chi connectivity index (χ2n) is 5.03. The van der Waals surface area contributed by atoms with Crippen LogP contribution < -0.4 is 5.32 Å². The molecule has 0 radical (unpaired) electrons. The summed E-state index contributed by atoms with van der Waals surface area (Å²) in [6.45, 7) is 0. The van der Waals surface area contributed by atoms with Crippen LogP contribution in [0.25, 0.3) is 0 Å². The van der Waals surface area contributed by atoms with Crippen molar-refractivity contribution in [3.63, 3.8) is 0 Å². The highest BCUT2D eigenvalue weighted by molar-refractivity contribution is 6.39. The minimum Gasteiger partial charge on any atom is -0.508 e. The fourth-order valence-electron chi connectivity index (χ4n) is 1.92. The maximum absolute atomic E-state index is 11.9. The highest BCUT2D eigenvalue weighted by atomic mass is 35.5. The molecule has 4 nitrogen and oxygen atoms in total. The molecular weight excluding hydrogens is 323 g/mol. The number of phenolic OH excluding ortho intramolecular Hbond substituents is 1. The van der Waals surface area contributed by atoms with Gasteiger partial charge in [0.1, 0.15) is 5.75 Å². The number of phenols is 1. The summed E-state index contributed by atoms with van der Waals surface area (Å²) in [4.78, 5) is 13.4. The molecule has 0 bridgehead atoms. The van der Waals surface area contributed by atoms with E-state index in [2.05, 4.69) is 5.32 Å². The Balaban J connectivity index is 2.37. The van der Waals surface area contributed by atoms with Gasteiger partial charge < -0.3 is 15.3 Å². The Kier molecular flexibility index (Phi) is 5.16. The van der Waals surface area contributed by atoms with Gasteiger partial charge in [-0.3, -0.25) is 4.79 Å². The number of anilines is 2. The summed E-state index contributed by atoms with van der Waals surface area (Å²) in [5.74, 6) is 0.0243. The summed E-state index contributed by atoms with van der Waals surface area (Å²) in [6, 6.07) is 9.98. The Morgan fingerprint density at radius 1 is 1.18 bits per heavy atom. The van der Waals surface area contributed by atoms with Crippen LogP contribution in [0, 0.1) is 0 Å². The topological polar surface area (TPSA) is 52.6 Å². The van der Waals surface area contributed by atoms with E-state index in [1.54, 1.807) is 44.4 Å². The average Bonchev–Trinajstić information content (AvgIpc) is 2.45. The standard InChI is InChI=1S/C16H16Cl2N2O2/c1-20(2)15(22)9-10-8-11(21)6-7-14(10)19-16-12(17)4-3-5-13(16)18/h3-8,19,21H,9H2,1-2H3. The van der Waals surface area contributed by atoms with E-state index < -0.39 is 0 Å². The van der Waals surface area contributed by atoms with Crippen molar-refractivity contribution in [3.8, 4) is 5.75 Å². The van der Waals surface area contributed by atoms with Gasteiger partial charge in [0, 0.05) is 19.8 Å². The van der Waals surface area contributed by atoms with Crippen molar-refractivity contribution in [2.75, 3.05) is 19.4 Å². The zero-order valence-corrected chi connectivity index (χ0v) is 13.7. The Bertz CT molecular complexity index is 682. The minimum atomic E-state index is -0.0705. The number of amides is 1. The molecule has 2 rings (SSSR count). The molecule has 0 fully saturated rings. The normalized spacial score (nSPS) is 10.4. The molecule has 2 N–H and O–H groups in total. The number of hydrogen-bond donors (Lipinski definition) is 2. The van der Waals surface area contributed by atoms with Crippen LogP contribution in [-0.4, -0.2) is 30.0 Å². The third-order valence-electron chi connectivity index (χ3n) is 3.15. The van der Waals surface area contributed by atoms with Gasteiger partial charge in [-0.05, 0) is 35.9 Å². The van der Waals surface area contributed by atoms with E-state index in [1.807, 2.05) is 0 Å². The second kappa shape index (κ2) is 6.90. The first kappa shape index (κ1) is 16.5. The van der Waals surface area contributed by atoms with Gasteiger partial charge in [-0.15, -0.1) is 0 Å². The summed E-state index contributed by atoms with van der Waals surface area (Å²) in [7, 11) is 3.37. The van der Waals surface area contributed by atoms with Crippen molar-refractivity contribution >= 4 is 40.5 Å². The molecule has 0 aliphatic heterocycles. The summed E-state index contributed by atoms with van der Waals surface area (Å²) in [5, 5.41) is 13.7. The van der Waals surface area contributed by atoms with Crippen molar-refractivity contribution < 1.29 is 9.90 Å². The molecule has 2 aromatic carbocycles. The van der Waals surface area contributed by atoms with E-state index in [0.29, 0.717) is 27.0 Å². The van der Waals surface area contributed by atoms with E-state index in [9.17, 15) is 9.90 Å². The zero-order valence-electron chi connectivity index (χ0n) is 12.2. The molecule has 0 unspecified atom stereocenters. The van der Waals surface area contributed by atoms with Crippen LogP contribution in [0.15, 0.2) is 36.4 Å². The number of likely N-dealkylation sites (N-methyl/N-ethyl adjacent to an activating group) is 1. The molecular formula is C16H16Cl2N2O2. The molecule has 0 saturated carbocycles. The third kappa shape index (κ3) is 3.84. The molecule has 0 saturated heterocycles. The molecule has 0 aliphatic rings. The number of para-hydroxylation sites is 1. The van der Waals surface area contributed by atoms with Crippen LogP contribution in [0.3, 0.4) is 0 Å². The van der Waals surface area contributed by atoms with Gasteiger partial charge in [0.15, 0.2) is 0 Å². The van der Waals surface area contributed by atoms with Crippen LogP contribution in [0.1, 0.15) is 5.56 Å². The van der Waals surface area contributed by atoms with Gasteiger partial charge >= 0.3 is 0 Å². The highest BCUT2D eigenvalue weighted by Gasteiger charge is 2.13. The molecule has 0 aromatic heterocycles. The number of aromatic hydroxyl groups is 1. The van der Waals surface area contributed by atoms with E-state index in [0.717, 1.165) is 0 Å². The van der Waals surface area contributed by atoms with Crippen molar-refractivity contribution in [2.24, 2.45) is 0 Å². The van der Waals surface area contributed by atoms with E-state index >= 15 is 0 Å². The summed E-state index contributed by atoms with van der Waals surface area (Å²) >= 11 is 12.3. The van der Waals surface area contributed by atoms with Crippen LogP contribution in [0.4, 0.5) is 11.4 Å². The Hall–Kier alpha value is -1.91. The number of nitrogens with one attached hydrogen (secondary N) is 1. The molecule has 6 heteroatoms. The lowest BCUT2D eigenvalue weighted by Gasteiger charge is -2.16. The lowest BCUT2D eigenvalue weighted by Crippen LogP contribution is -2.23. The van der Waals surface area contributed by atoms with Crippen LogP contribution in [0.5, 0.6) is 5.75 Å². The summed E-state index contributed by atoms with van der Waals surface area (Å²) < 4.78 is 0. The number of carbonyl (C=O) groups is 1. The van der Waals surface area contributed by atoms with Crippen molar-refractivity contribution in [1.29, 1.82) is 0 Å². The predicted octanol–water partition coefficient (Wildman–Crippen LogP) is 4.07. The Labute approximate surface area is 139 Å². The maximum Gasteiger partial charge on any atom is 0.226 e. The third-order valence-corrected chi connectivity index (χ3v) is 3.78. The van der Waals surface area contributed by atoms with Crippen molar-refractivity contribution in [1.82, 2.24) is 4.90 Å². The molecule has 0 spiro atoms. The lowest BCUT2D eigenvalue weighted by atomic mass is 10.1. The molecule has 0 heterocycles. The largest absolute Gasteiger partial charge is 0.508 e. The van der Waals surface area contributed by atoms with Gasteiger partial charge in [0.25, 0.3) is 0 Å². The number of benzene rings is 2. The molecule has 1 amide bonds. The fraction of sp³-hybridized carbons (Fsp3) is 0.188. The molecule has 0 atom stereocenters. The first-order chi connectivity index (χ1) is 10.4. The predicted molar refractivity (Wildman–Crippen MR) is 90.2 cm³/mol. The number of carbonyl (C=O) groups excluding carboxylic acids is 1. The highest BCUT2D eigenvalue weighted by Crippen LogP contribution is 2.34. The number of nitrogens with zero attached hydrogens (tertiary/aromatic N) is 1. The quantitative estimate of drug-likeness (QED) is 0.826. The summed E-state index contributed by atoms with van der Waals surface area (Å²) in [5.41, 5.74) is 1.90. The molecule has 116 valence electrons. The summed E-state index contributed by atoms with van der Waals surface area (Å²) in [6.07, 6.45) is 0.159. The lowest BCUT2D eigenvalue weighted by molar-refractivity contribution is -0.127. The average molecular weight is 339 g/mol. The fourth-order valence-corrected chi connectivity index (χ4v) is 2.41. The van der Waals surface area contributed by atoms with Crippen molar-refractivity contribution in [3.05, 3.63) is 52.0 Å². The second-order valence-corrected chi connectivity index (χ2v) is 5.84. The molecule has 2 aromatic rings. The smallest absolute Gasteiger partial charge is 0.226 e. The van der Waals surface area contributed by atoms with E-state index in [1.165, 1.54) is 11.0 Å². The van der Waals surface area contributed by atoms with Crippen LogP contribution in [-0.2, 0) is 11.2 Å². The van der Waals surface area contributed by atoms with Gasteiger partial charge in [-0.1, -0.05) is 29.3 Å². The first-order valence-electron chi connectivity index (χ1n) is 6.61. The monoisotopic (exact) mass is 338 g/mol. The SMILES string of the molecule is CN(C)C(=O)Cc1cc(O)ccc1Nc1c(Cl)cccc1Cl. The maximum atomic E-state index is 11.9. The number of hydrogen-bond acceptors (Lipinski definition) is 3. The molecule has 0 aliphatic carbocycles. The van der Waals surface area contributed by atoms with Crippen LogP contribution >= 0.6 is 23.2 Å². The number of rotatable bonds is 4. The van der Waals surface area contributed by atoms with Gasteiger partial charge in [-0.25, -0.2) is 0 Å². The van der Waals surface area contributed by atoms with E-state index in [-0.39, 0.29) is 18.1 Å². The van der Waals surface area contributed by atoms with Crippen molar-refractivity contribution in [2.45, 2.75) is 6.42 Å². The van der Waals surface area contributed by atoms with Gasteiger partial charge in [0.05, 0.1) is 22.2 Å². The minimum absolute atomic E-state index is 0.0705. The zero-order chi connectivity index (χ0) is 16.3.